The van der Waals surface area contributed by atoms with Crippen molar-refractivity contribution in [2.24, 2.45) is 0 Å². The molecule has 154 valence electrons. The number of fused-ring (bicyclic) bond motifs is 3. The van der Waals surface area contributed by atoms with Crippen LogP contribution < -0.4 is 16.0 Å². The van der Waals surface area contributed by atoms with Gasteiger partial charge in [-0.2, -0.15) is 0 Å². The molecule has 1 heterocycles. The molecule has 31 heavy (non-hydrogen) atoms. The third kappa shape index (κ3) is 3.26. The quantitative estimate of drug-likeness (QED) is 0.451. The van der Waals surface area contributed by atoms with Crippen molar-refractivity contribution in [2.75, 3.05) is 0 Å². The van der Waals surface area contributed by atoms with Crippen LogP contribution in [0.3, 0.4) is 0 Å². The molecular weight excluding hydrogens is 390 g/mol. The smallest absolute Gasteiger partial charge is 0.322 e. The number of hydrogen-bond donors (Lipinski definition) is 3. The van der Waals surface area contributed by atoms with Crippen LogP contribution in [0, 0.1) is 0 Å². The van der Waals surface area contributed by atoms with E-state index >= 15 is 0 Å². The Morgan fingerprint density at radius 2 is 1.77 bits per heavy atom. The van der Waals surface area contributed by atoms with Crippen molar-refractivity contribution in [1.82, 2.24) is 16.0 Å². The van der Waals surface area contributed by atoms with E-state index in [0.29, 0.717) is 17.7 Å². The summed E-state index contributed by atoms with van der Waals surface area (Å²) in [7, 11) is 0. The first-order chi connectivity index (χ1) is 14.9. The number of imide groups is 1. The van der Waals surface area contributed by atoms with E-state index in [2.05, 4.69) is 28.1 Å². The van der Waals surface area contributed by atoms with Gasteiger partial charge in [-0.05, 0) is 58.9 Å². The Balaban J connectivity index is 1.32. The second-order valence-corrected chi connectivity index (χ2v) is 8.12. The topological polar surface area (TPSA) is 87.3 Å². The third-order valence-corrected chi connectivity index (χ3v) is 6.06. The highest BCUT2D eigenvalue weighted by Crippen LogP contribution is 2.36. The lowest BCUT2D eigenvalue weighted by Gasteiger charge is -2.21. The zero-order valence-corrected chi connectivity index (χ0v) is 17.0. The summed E-state index contributed by atoms with van der Waals surface area (Å²) in [6.45, 7) is 1.97. The molecule has 0 bridgehead atoms. The monoisotopic (exact) mass is 411 g/mol. The van der Waals surface area contributed by atoms with Crippen LogP contribution in [0.1, 0.15) is 39.5 Å². The van der Waals surface area contributed by atoms with Crippen molar-refractivity contribution in [3.05, 3.63) is 94.5 Å². The Morgan fingerprint density at radius 1 is 0.968 bits per heavy atom. The maximum atomic E-state index is 12.8. The molecule has 3 aromatic rings. The number of nitrogens with one attached hydrogen (secondary N) is 3. The number of carbonyl (C=O) groups excluding carboxylic acids is 3. The van der Waals surface area contributed by atoms with Crippen molar-refractivity contribution < 1.29 is 14.4 Å². The fourth-order valence-corrected chi connectivity index (χ4v) is 4.29. The Labute approximate surface area is 179 Å². The Morgan fingerprint density at radius 3 is 2.58 bits per heavy atom. The van der Waals surface area contributed by atoms with Gasteiger partial charge in [0.1, 0.15) is 5.54 Å². The summed E-state index contributed by atoms with van der Waals surface area (Å²) in [6.07, 6.45) is 0.892. The lowest BCUT2D eigenvalue weighted by Crippen LogP contribution is -2.40. The molecule has 0 radical (unpaired) electrons. The summed E-state index contributed by atoms with van der Waals surface area (Å²) in [5.41, 5.74) is 5.81. The molecule has 1 fully saturated rings. The first kappa shape index (κ1) is 19.1. The van der Waals surface area contributed by atoms with Gasteiger partial charge in [-0.25, -0.2) is 4.79 Å². The molecule has 1 unspecified atom stereocenters. The summed E-state index contributed by atoms with van der Waals surface area (Å²) in [5, 5.41) is 7.88. The van der Waals surface area contributed by atoms with Gasteiger partial charge in [-0.1, -0.05) is 54.6 Å². The molecule has 1 saturated heterocycles. The lowest BCUT2D eigenvalue weighted by molar-refractivity contribution is -0.123. The summed E-state index contributed by atoms with van der Waals surface area (Å²) in [5.74, 6) is -0.548. The molecule has 1 atom stereocenters. The van der Waals surface area contributed by atoms with Gasteiger partial charge in [0, 0.05) is 12.1 Å². The molecule has 3 N–H and O–H groups in total. The van der Waals surface area contributed by atoms with E-state index in [1.165, 1.54) is 16.7 Å². The van der Waals surface area contributed by atoms with E-state index in [9.17, 15) is 14.4 Å². The second-order valence-electron chi connectivity index (χ2n) is 8.12. The van der Waals surface area contributed by atoms with Gasteiger partial charge in [0.2, 0.25) is 0 Å². The highest BCUT2D eigenvalue weighted by atomic mass is 16.2. The fraction of sp³-hybridized carbons (Fsp3) is 0.160. The third-order valence-electron chi connectivity index (χ3n) is 6.06. The summed E-state index contributed by atoms with van der Waals surface area (Å²) in [4.78, 5) is 36.5. The van der Waals surface area contributed by atoms with E-state index in [-0.39, 0.29) is 5.91 Å². The minimum atomic E-state index is -1.12. The highest BCUT2D eigenvalue weighted by molar-refractivity contribution is 6.07. The predicted molar refractivity (Wildman–Crippen MR) is 116 cm³/mol. The standard InChI is InChI=1S/C25H21N3O3/c1-25(23(30)27-24(31)28-25)19-7-4-5-15(11-19)14-26-22(29)18-10-9-17-12-16-6-2-3-8-20(16)21(17)13-18/h2-11,13H,12,14H2,1H3,(H,26,29)(H2,27,28,30,31). The van der Waals surface area contributed by atoms with Crippen LogP contribution in [0.25, 0.3) is 11.1 Å². The fourth-order valence-electron chi connectivity index (χ4n) is 4.29. The molecular formula is C25H21N3O3. The Kier molecular flexibility index (Phi) is 4.36. The van der Waals surface area contributed by atoms with Crippen LogP contribution in [0.2, 0.25) is 0 Å². The number of urea groups is 1. The minimum absolute atomic E-state index is 0.157. The van der Waals surface area contributed by atoms with Crippen molar-refractivity contribution >= 4 is 17.8 Å². The highest BCUT2D eigenvalue weighted by Gasteiger charge is 2.43. The molecule has 1 aliphatic heterocycles. The second kappa shape index (κ2) is 7.09. The average Bonchev–Trinajstić information content (AvgIpc) is 3.28. The number of carbonyl (C=O) groups is 3. The van der Waals surface area contributed by atoms with Crippen molar-refractivity contribution in [3.8, 4) is 11.1 Å². The number of hydrogen-bond acceptors (Lipinski definition) is 3. The van der Waals surface area contributed by atoms with Gasteiger partial charge in [0.25, 0.3) is 11.8 Å². The van der Waals surface area contributed by atoms with Gasteiger partial charge >= 0.3 is 6.03 Å². The van der Waals surface area contributed by atoms with Gasteiger partial charge in [-0.3, -0.25) is 14.9 Å². The molecule has 6 heteroatoms. The molecule has 1 aliphatic carbocycles. The molecule has 3 aromatic carbocycles. The largest absolute Gasteiger partial charge is 0.348 e. The summed E-state index contributed by atoms with van der Waals surface area (Å²) >= 11 is 0. The van der Waals surface area contributed by atoms with E-state index in [4.69, 9.17) is 0 Å². The van der Waals surface area contributed by atoms with Crippen LogP contribution in [0.15, 0.2) is 66.7 Å². The van der Waals surface area contributed by atoms with Crippen LogP contribution in [-0.2, 0) is 23.3 Å². The van der Waals surface area contributed by atoms with Crippen LogP contribution in [-0.4, -0.2) is 17.8 Å². The zero-order chi connectivity index (χ0) is 21.6. The SMILES string of the molecule is CC1(c2cccc(CNC(=O)c3ccc4c(c3)-c3ccccc3C4)c2)NC(=O)NC1=O. The Bertz CT molecular complexity index is 1250. The summed E-state index contributed by atoms with van der Waals surface area (Å²) < 4.78 is 0. The number of rotatable bonds is 4. The molecule has 0 saturated carbocycles. The molecule has 6 nitrogen and oxygen atoms in total. The predicted octanol–water partition coefficient (Wildman–Crippen LogP) is 3.24. The normalized spacial score (nSPS) is 18.7. The van der Waals surface area contributed by atoms with E-state index < -0.39 is 17.5 Å². The number of amides is 4. The molecule has 0 aromatic heterocycles. The summed E-state index contributed by atoms with van der Waals surface area (Å²) in [6, 6.07) is 20.9. The van der Waals surface area contributed by atoms with Crippen LogP contribution in [0.5, 0.6) is 0 Å². The van der Waals surface area contributed by atoms with Crippen molar-refractivity contribution in [1.29, 1.82) is 0 Å². The van der Waals surface area contributed by atoms with Crippen molar-refractivity contribution in [2.45, 2.75) is 25.4 Å². The van der Waals surface area contributed by atoms with E-state index in [1.54, 1.807) is 13.0 Å². The number of benzene rings is 3. The van der Waals surface area contributed by atoms with Crippen molar-refractivity contribution in [3.63, 3.8) is 0 Å². The van der Waals surface area contributed by atoms with Gasteiger partial charge in [-0.15, -0.1) is 0 Å². The van der Waals surface area contributed by atoms with Gasteiger partial charge in [0.05, 0.1) is 0 Å². The van der Waals surface area contributed by atoms with Gasteiger partial charge < -0.3 is 10.6 Å². The molecule has 2 aliphatic rings. The molecule has 0 spiro atoms. The minimum Gasteiger partial charge on any atom is -0.348 e. The molecule has 5 rings (SSSR count). The maximum Gasteiger partial charge on any atom is 0.322 e. The zero-order valence-electron chi connectivity index (χ0n) is 17.0. The van der Waals surface area contributed by atoms with E-state index in [1.807, 2.05) is 48.5 Å². The first-order valence-electron chi connectivity index (χ1n) is 10.2. The Hall–Kier alpha value is -3.93. The van der Waals surface area contributed by atoms with Gasteiger partial charge in [0.15, 0.2) is 0 Å². The van der Waals surface area contributed by atoms with E-state index in [0.717, 1.165) is 17.5 Å². The maximum absolute atomic E-state index is 12.8. The van der Waals surface area contributed by atoms with Crippen LogP contribution in [0.4, 0.5) is 4.79 Å². The lowest BCUT2D eigenvalue weighted by atomic mass is 9.91. The average molecular weight is 411 g/mol. The molecule has 4 amide bonds. The van der Waals surface area contributed by atoms with Crippen LogP contribution >= 0.6 is 0 Å². The first-order valence-corrected chi connectivity index (χ1v) is 10.2.